The van der Waals surface area contributed by atoms with Crippen LogP contribution in [0.2, 0.25) is 0 Å². The molecule has 142 valence electrons. The topological polar surface area (TPSA) is 215 Å². The first-order valence-electron chi connectivity index (χ1n) is 7.07. The first-order chi connectivity index (χ1) is 12.1. The van der Waals surface area contributed by atoms with E-state index in [1.807, 2.05) is 0 Å². The molecule has 0 bridgehead atoms. The van der Waals surface area contributed by atoms with Gasteiger partial charge in [-0.25, -0.2) is 19.8 Å². The zero-order chi connectivity index (χ0) is 19.2. The van der Waals surface area contributed by atoms with E-state index in [1.54, 1.807) is 0 Å². The van der Waals surface area contributed by atoms with Gasteiger partial charge in [0.2, 0.25) is 0 Å². The predicted molar refractivity (Wildman–Crippen MR) is 90.6 cm³/mol. The van der Waals surface area contributed by atoms with Crippen molar-refractivity contribution in [1.82, 2.24) is 19.7 Å². The van der Waals surface area contributed by atoms with Crippen LogP contribution < -0.4 is 16.6 Å². The Morgan fingerprint density at radius 3 is 2.69 bits per heavy atom. The van der Waals surface area contributed by atoms with Crippen LogP contribution in [0.25, 0.3) is 11.0 Å². The highest BCUT2D eigenvalue weighted by Gasteiger charge is 2.45. The van der Waals surface area contributed by atoms with E-state index >= 15 is 0 Å². The summed E-state index contributed by atoms with van der Waals surface area (Å²) in [6.07, 6.45) is -4.23. The maximum absolute atomic E-state index is 10.9. The summed E-state index contributed by atoms with van der Waals surface area (Å²) in [6, 6.07) is 0. The number of nitrogen functional groups attached to an aromatic ring is 1. The summed E-state index contributed by atoms with van der Waals surface area (Å²) in [5.41, 5.74) is 11.7. The second kappa shape index (κ2) is 6.62. The Morgan fingerprint density at radius 1 is 1.38 bits per heavy atom. The minimum absolute atomic E-state index is 0.0613. The molecule has 2 aromatic rings. The molecule has 3 heterocycles. The Bertz CT molecular complexity index is 963. The van der Waals surface area contributed by atoms with Crippen molar-refractivity contribution in [3.05, 3.63) is 12.0 Å². The summed E-state index contributed by atoms with van der Waals surface area (Å²) in [7, 11) is -4.25. The van der Waals surface area contributed by atoms with Gasteiger partial charge in [-0.15, -0.1) is 0 Å². The lowest BCUT2D eigenvalue weighted by Gasteiger charge is -2.15. The van der Waals surface area contributed by atoms with Gasteiger partial charge in [-0.05, 0) is 0 Å². The fraction of sp³-hybridized carbons (Fsp3) is 0.455. The molecule has 0 amide bonds. The molecule has 3 rings (SSSR count). The van der Waals surface area contributed by atoms with Crippen LogP contribution in [0.5, 0.6) is 0 Å². The normalized spacial score (nSPS) is 26.4. The van der Waals surface area contributed by atoms with Crippen LogP contribution in [0.15, 0.2) is 6.33 Å². The Morgan fingerprint density at radius 2 is 2.08 bits per heavy atom. The predicted octanol–water partition coefficient (Wildman–Crippen LogP) is -3.12. The van der Waals surface area contributed by atoms with Crippen LogP contribution in [-0.2, 0) is 19.2 Å². The monoisotopic (exact) mass is 405 g/mol. The zero-order valence-corrected chi connectivity index (χ0v) is 14.6. The van der Waals surface area contributed by atoms with Gasteiger partial charge < -0.3 is 26.4 Å². The standard InChI is InChI=1S/C11H15N7O6S2/c12-8-4-5(9(13)25)17-18(10(4)16-2-15-8)11-7(20)6(19)3(24-11)1-23-26(14,21)22/h2-3,6-7,11,19-20H,1H2,(H2,13,25)(H2,12,15,16)(H2,14,21,22)/t3?,6?,7-,11-/m1/s1. The van der Waals surface area contributed by atoms with Crippen molar-refractivity contribution < 1.29 is 27.6 Å². The molecule has 1 fully saturated rings. The van der Waals surface area contributed by atoms with Gasteiger partial charge in [-0.1, -0.05) is 12.2 Å². The second-order valence-electron chi connectivity index (χ2n) is 5.44. The van der Waals surface area contributed by atoms with E-state index in [2.05, 4.69) is 19.2 Å². The summed E-state index contributed by atoms with van der Waals surface area (Å²) in [6.45, 7) is -0.605. The molecular formula is C11H15N7O6S2. The smallest absolute Gasteiger partial charge is 0.333 e. The molecule has 15 heteroatoms. The largest absolute Gasteiger partial charge is 0.388 e. The van der Waals surface area contributed by atoms with E-state index in [1.165, 1.54) is 6.33 Å². The Kier molecular flexibility index (Phi) is 4.78. The molecule has 0 aliphatic carbocycles. The van der Waals surface area contributed by atoms with E-state index < -0.39 is 41.5 Å². The minimum atomic E-state index is -4.25. The van der Waals surface area contributed by atoms with Crippen LogP contribution in [0, 0.1) is 0 Å². The summed E-state index contributed by atoms with van der Waals surface area (Å²) >= 11 is 4.93. The maximum Gasteiger partial charge on any atom is 0.333 e. The van der Waals surface area contributed by atoms with Crippen molar-refractivity contribution in [2.75, 3.05) is 12.3 Å². The van der Waals surface area contributed by atoms with Crippen LogP contribution in [0.3, 0.4) is 0 Å². The quantitative estimate of drug-likeness (QED) is 0.312. The van der Waals surface area contributed by atoms with Gasteiger partial charge >= 0.3 is 10.3 Å². The molecule has 2 aromatic heterocycles. The van der Waals surface area contributed by atoms with Gasteiger partial charge in [0.15, 0.2) is 11.9 Å². The van der Waals surface area contributed by atoms with Crippen molar-refractivity contribution in [2.24, 2.45) is 10.9 Å². The number of anilines is 1. The molecule has 0 spiro atoms. The van der Waals surface area contributed by atoms with E-state index in [0.29, 0.717) is 0 Å². The third-order valence-electron chi connectivity index (χ3n) is 3.73. The van der Waals surface area contributed by atoms with Crippen LogP contribution >= 0.6 is 12.2 Å². The van der Waals surface area contributed by atoms with Crippen molar-refractivity contribution in [3.63, 3.8) is 0 Å². The fourth-order valence-corrected chi connectivity index (χ4v) is 3.04. The number of hydrogen-bond acceptors (Lipinski definition) is 11. The number of aromatic nitrogens is 4. The van der Waals surface area contributed by atoms with Gasteiger partial charge in [-0.3, -0.25) is 4.18 Å². The van der Waals surface area contributed by atoms with Crippen LogP contribution in [-0.4, -0.2) is 68.3 Å². The summed E-state index contributed by atoms with van der Waals surface area (Å²) in [5, 5.41) is 29.5. The average molecular weight is 405 g/mol. The third kappa shape index (κ3) is 3.32. The minimum Gasteiger partial charge on any atom is -0.388 e. The second-order valence-corrected chi connectivity index (χ2v) is 7.10. The van der Waals surface area contributed by atoms with Gasteiger partial charge in [0, 0.05) is 0 Å². The molecule has 13 nitrogen and oxygen atoms in total. The SMILES string of the molecule is NC(=S)c1nn([C@@H]2OC(COS(N)(=O)=O)C(O)[C@H]2O)c2ncnc(N)c12. The molecule has 1 aliphatic heterocycles. The highest BCUT2D eigenvalue weighted by atomic mass is 32.2. The highest BCUT2D eigenvalue weighted by Crippen LogP contribution is 2.33. The number of rotatable bonds is 5. The number of aliphatic hydroxyl groups is 2. The molecule has 2 unspecified atom stereocenters. The van der Waals surface area contributed by atoms with E-state index in [0.717, 1.165) is 4.68 Å². The number of aliphatic hydroxyl groups excluding tert-OH is 2. The summed E-state index contributed by atoms with van der Waals surface area (Å²) in [4.78, 5) is 7.79. The lowest BCUT2D eigenvalue weighted by molar-refractivity contribution is -0.0527. The molecule has 0 saturated carbocycles. The van der Waals surface area contributed by atoms with Crippen molar-refractivity contribution >= 4 is 44.4 Å². The molecule has 1 aliphatic rings. The maximum atomic E-state index is 10.9. The molecule has 0 radical (unpaired) electrons. The molecular weight excluding hydrogens is 390 g/mol. The van der Waals surface area contributed by atoms with E-state index in [4.69, 9.17) is 33.6 Å². The first kappa shape index (κ1) is 18.8. The first-order valence-corrected chi connectivity index (χ1v) is 8.95. The molecule has 4 atom stereocenters. The van der Waals surface area contributed by atoms with Gasteiger partial charge in [-0.2, -0.15) is 13.5 Å². The number of nitrogens with two attached hydrogens (primary N) is 3. The molecule has 0 aromatic carbocycles. The Hall–Kier alpha value is -2.01. The van der Waals surface area contributed by atoms with E-state index in [9.17, 15) is 18.6 Å². The van der Waals surface area contributed by atoms with Crippen LogP contribution in [0.1, 0.15) is 11.9 Å². The van der Waals surface area contributed by atoms with E-state index in [-0.39, 0.29) is 27.5 Å². The zero-order valence-electron chi connectivity index (χ0n) is 13.0. The van der Waals surface area contributed by atoms with Gasteiger partial charge in [0.05, 0.1) is 12.0 Å². The molecule has 8 N–H and O–H groups in total. The highest BCUT2D eigenvalue weighted by molar-refractivity contribution is 7.84. The molecule has 26 heavy (non-hydrogen) atoms. The number of ether oxygens (including phenoxy) is 1. The summed E-state index contributed by atoms with van der Waals surface area (Å²) < 4.78 is 32.8. The number of fused-ring (bicyclic) bond motifs is 1. The lowest BCUT2D eigenvalue weighted by atomic mass is 10.1. The van der Waals surface area contributed by atoms with Gasteiger partial charge in [0.1, 0.15) is 41.1 Å². The van der Waals surface area contributed by atoms with Crippen molar-refractivity contribution in [1.29, 1.82) is 0 Å². The average Bonchev–Trinajstić information content (AvgIpc) is 3.06. The number of hydrogen-bond donors (Lipinski definition) is 5. The Balaban J connectivity index is 1.99. The fourth-order valence-electron chi connectivity index (χ4n) is 2.58. The number of thiocarbonyl (C=S) groups is 1. The van der Waals surface area contributed by atoms with Crippen molar-refractivity contribution in [2.45, 2.75) is 24.5 Å². The van der Waals surface area contributed by atoms with Crippen LogP contribution in [0.4, 0.5) is 5.82 Å². The summed E-state index contributed by atoms with van der Waals surface area (Å²) in [5.74, 6) is 0.0613. The lowest BCUT2D eigenvalue weighted by Crippen LogP contribution is -2.35. The number of nitrogens with zero attached hydrogens (tertiary/aromatic N) is 4. The molecule has 1 saturated heterocycles. The van der Waals surface area contributed by atoms with Gasteiger partial charge in [0.25, 0.3) is 0 Å². The van der Waals surface area contributed by atoms with Crippen molar-refractivity contribution in [3.8, 4) is 0 Å². The third-order valence-corrected chi connectivity index (χ3v) is 4.38. The Labute approximate surface area is 152 Å².